The zero-order chi connectivity index (χ0) is 15.6. The summed E-state index contributed by atoms with van der Waals surface area (Å²) >= 11 is 0. The van der Waals surface area contributed by atoms with Crippen molar-refractivity contribution in [2.45, 2.75) is 51.3 Å². The van der Waals surface area contributed by atoms with Gasteiger partial charge in [-0.1, -0.05) is 13.8 Å². The molecule has 0 aromatic heterocycles. The average Bonchev–Trinajstić information content (AvgIpc) is 2.93. The van der Waals surface area contributed by atoms with Gasteiger partial charge in [-0.15, -0.1) is 0 Å². The molecule has 1 aromatic carbocycles. The first-order valence-corrected chi connectivity index (χ1v) is 9.09. The van der Waals surface area contributed by atoms with Crippen LogP contribution >= 0.6 is 0 Å². The van der Waals surface area contributed by atoms with Gasteiger partial charge >= 0.3 is 0 Å². The van der Waals surface area contributed by atoms with Crippen molar-refractivity contribution in [2.75, 3.05) is 19.7 Å². The zero-order valence-electron chi connectivity index (χ0n) is 13.3. The normalized spacial score (nSPS) is 16.6. The summed E-state index contributed by atoms with van der Waals surface area (Å²) in [5.41, 5.74) is 1.72. The molecule has 0 amide bonds. The van der Waals surface area contributed by atoms with Crippen LogP contribution in [0.5, 0.6) is 5.75 Å². The van der Waals surface area contributed by atoms with Crippen LogP contribution in [0.1, 0.15) is 50.7 Å². The lowest BCUT2D eigenvalue weighted by Crippen LogP contribution is -2.28. The third-order valence-electron chi connectivity index (χ3n) is 3.91. The first kappa shape index (κ1) is 16.3. The second-order valence-corrected chi connectivity index (χ2v) is 7.76. The van der Waals surface area contributed by atoms with Crippen LogP contribution in [0.4, 0.5) is 0 Å². The standard InChI is InChI=1S/C16H25NO3S/c1-5-20-15-10-13(4)16(11-14(15)12(2)3)21(18,19)17-8-6-7-9-17/h10-12H,5-9H2,1-4H3. The van der Waals surface area contributed by atoms with E-state index in [4.69, 9.17) is 4.74 Å². The highest BCUT2D eigenvalue weighted by Gasteiger charge is 2.29. The Kier molecular flexibility index (Phi) is 4.94. The van der Waals surface area contributed by atoms with Crippen LogP contribution in [0, 0.1) is 6.92 Å². The fraction of sp³-hybridized carbons (Fsp3) is 0.625. The molecule has 5 heteroatoms. The van der Waals surface area contributed by atoms with Crippen LogP contribution in [-0.2, 0) is 10.0 Å². The maximum atomic E-state index is 12.8. The first-order valence-electron chi connectivity index (χ1n) is 7.65. The summed E-state index contributed by atoms with van der Waals surface area (Å²) in [5.74, 6) is 1.02. The molecule has 0 bridgehead atoms. The van der Waals surface area contributed by atoms with Gasteiger partial charge in [-0.2, -0.15) is 4.31 Å². The van der Waals surface area contributed by atoms with E-state index in [1.807, 2.05) is 19.9 Å². The number of ether oxygens (including phenoxy) is 1. The van der Waals surface area contributed by atoms with Crippen molar-refractivity contribution < 1.29 is 13.2 Å². The Bertz CT molecular complexity index is 602. The Labute approximate surface area is 128 Å². The van der Waals surface area contributed by atoms with E-state index in [1.54, 1.807) is 10.4 Å². The maximum absolute atomic E-state index is 12.8. The number of hydrogen-bond acceptors (Lipinski definition) is 3. The van der Waals surface area contributed by atoms with Crippen molar-refractivity contribution >= 4 is 10.0 Å². The van der Waals surface area contributed by atoms with Crippen LogP contribution in [0.25, 0.3) is 0 Å². The molecule has 1 aromatic rings. The second-order valence-electron chi connectivity index (χ2n) is 5.85. The van der Waals surface area contributed by atoms with Crippen molar-refractivity contribution in [1.82, 2.24) is 4.31 Å². The SMILES string of the molecule is CCOc1cc(C)c(S(=O)(=O)N2CCCC2)cc1C(C)C. The molecule has 118 valence electrons. The maximum Gasteiger partial charge on any atom is 0.243 e. The highest BCUT2D eigenvalue weighted by atomic mass is 32.2. The molecule has 0 spiro atoms. The van der Waals surface area contributed by atoms with Gasteiger partial charge in [0.2, 0.25) is 10.0 Å². The number of benzene rings is 1. The van der Waals surface area contributed by atoms with Crippen molar-refractivity contribution in [3.05, 3.63) is 23.3 Å². The molecular formula is C16H25NO3S. The molecule has 21 heavy (non-hydrogen) atoms. The molecule has 1 heterocycles. The number of rotatable bonds is 5. The van der Waals surface area contributed by atoms with Gasteiger partial charge in [0, 0.05) is 13.1 Å². The smallest absolute Gasteiger partial charge is 0.243 e. The van der Waals surface area contributed by atoms with E-state index in [1.165, 1.54) is 0 Å². The Morgan fingerprint density at radius 2 is 1.86 bits per heavy atom. The Morgan fingerprint density at radius 1 is 1.24 bits per heavy atom. The molecule has 4 nitrogen and oxygen atoms in total. The van der Waals surface area contributed by atoms with E-state index in [9.17, 15) is 8.42 Å². The molecule has 0 aliphatic carbocycles. The van der Waals surface area contributed by atoms with Gasteiger partial charge in [-0.05, 0) is 55.9 Å². The van der Waals surface area contributed by atoms with Crippen LogP contribution in [-0.4, -0.2) is 32.4 Å². The lowest BCUT2D eigenvalue weighted by Gasteiger charge is -2.21. The number of nitrogens with zero attached hydrogens (tertiary/aromatic N) is 1. The third-order valence-corrected chi connectivity index (χ3v) is 5.95. The molecular weight excluding hydrogens is 286 g/mol. The van der Waals surface area contributed by atoms with E-state index in [-0.39, 0.29) is 5.92 Å². The van der Waals surface area contributed by atoms with Crippen LogP contribution < -0.4 is 4.74 Å². The van der Waals surface area contributed by atoms with Crippen molar-refractivity contribution in [3.8, 4) is 5.75 Å². The summed E-state index contributed by atoms with van der Waals surface area (Å²) in [5, 5.41) is 0. The fourth-order valence-electron chi connectivity index (χ4n) is 2.75. The molecule has 1 aliphatic heterocycles. The monoisotopic (exact) mass is 311 g/mol. The molecule has 1 aliphatic rings. The summed E-state index contributed by atoms with van der Waals surface area (Å²) in [4.78, 5) is 0.427. The molecule has 1 fully saturated rings. The molecule has 1 saturated heterocycles. The predicted octanol–water partition coefficient (Wildman–Crippen LogP) is 3.30. The summed E-state index contributed by atoms with van der Waals surface area (Å²) in [6.07, 6.45) is 1.90. The quantitative estimate of drug-likeness (QED) is 0.838. The second kappa shape index (κ2) is 6.36. The van der Waals surface area contributed by atoms with Gasteiger partial charge < -0.3 is 4.74 Å². The number of aryl methyl sites for hydroxylation is 1. The summed E-state index contributed by atoms with van der Waals surface area (Å²) in [6.45, 7) is 9.73. The molecule has 0 unspecified atom stereocenters. The highest BCUT2D eigenvalue weighted by Crippen LogP contribution is 2.33. The number of hydrogen-bond donors (Lipinski definition) is 0. The van der Waals surface area contributed by atoms with E-state index >= 15 is 0 Å². The summed E-state index contributed by atoms with van der Waals surface area (Å²) < 4.78 is 32.8. The van der Waals surface area contributed by atoms with Gasteiger partial charge in [-0.3, -0.25) is 0 Å². The van der Waals surface area contributed by atoms with Crippen molar-refractivity contribution in [3.63, 3.8) is 0 Å². The lowest BCUT2D eigenvalue weighted by atomic mass is 10.0. The lowest BCUT2D eigenvalue weighted by molar-refractivity contribution is 0.334. The molecule has 0 N–H and O–H groups in total. The highest BCUT2D eigenvalue weighted by molar-refractivity contribution is 7.89. The molecule has 0 atom stereocenters. The van der Waals surface area contributed by atoms with E-state index < -0.39 is 10.0 Å². The Morgan fingerprint density at radius 3 is 2.38 bits per heavy atom. The van der Waals surface area contributed by atoms with Gasteiger partial charge in [0.25, 0.3) is 0 Å². The molecule has 0 saturated carbocycles. The Balaban J connectivity index is 2.51. The minimum atomic E-state index is -3.38. The molecule has 2 rings (SSSR count). The van der Waals surface area contributed by atoms with Crippen LogP contribution in [0.3, 0.4) is 0 Å². The van der Waals surface area contributed by atoms with Gasteiger partial charge in [0.05, 0.1) is 11.5 Å². The average molecular weight is 311 g/mol. The Hall–Kier alpha value is -1.07. The van der Waals surface area contributed by atoms with Crippen LogP contribution in [0.2, 0.25) is 0 Å². The number of sulfonamides is 1. The van der Waals surface area contributed by atoms with Gasteiger partial charge in [0.15, 0.2) is 0 Å². The molecule has 0 radical (unpaired) electrons. The minimum Gasteiger partial charge on any atom is -0.494 e. The van der Waals surface area contributed by atoms with Crippen molar-refractivity contribution in [2.24, 2.45) is 0 Å². The summed E-state index contributed by atoms with van der Waals surface area (Å²) in [6, 6.07) is 3.67. The minimum absolute atomic E-state index is 0.222. The largest absolute Gasteiger partial charge is 0.494 e. The van der Waals surface area contributed by atoms with E-state index in [0.29, 0.717) is 24.6 Å². The van der Waals surface area contributed by atoms with Gasteiger partial charge in [0.1, 0.15) is 5.75 Å². The van der Waals surface area contributed by atoms with Crippen LogP contribution in [0.15, 0.2) is 17.0 Å². The van der Waals surface area contributed by atoms with Gasteiger partial charge in [-0.25, -0.2) is 8.42 Å². The topological polar surface area (TPSA) is 46.6 Å². The van der Waals surface area contributed by atoms with E-state index in [2.05, 4.69) is 13.8 Å². The fourth-order valence-corrected chi connectivity index (χ4v) is 4.51. The summed E-state index contributed by atoms with van der Waals surface area (Å²) in [7, 11) is -3.38. The van der Waals surface area contributed by atoms with E-state index in [0.717, 1.165) is 29.7 Å². The zero-order valence-corrected chi connectivity index (χ0v) is 14.2. The van der Waals surface area contributed by atoms with Crippen molar-refractivity contribution in [1.29, 1.82) is 0 Å². The predicted molar refractivity (Wildman–Crippen MR) is 84.4 cm³/mol. The first-order chi connectivity index (χ1) is 9.87. The third kappa shape index (κ3) is 3.24.